The first kappa shape index (κ1) is 41.9. The van der Waals surface area contributed by atoms with Crippen LogP contribution in [0.1, 0.15) is 129 Å². The number of nitrogens with one attached hydrogen (secondary N) is 6. The van der Waals surface area contributed by atoms with Crippen LogP contribution in [0.2, 0.25) is 14.1 Å². The lowest BCUT2D eigenvalue weighted by molar-refractivity contribution is -0.148. The van der Waals surface area contributed by atoms with Gasteiger partial charge in [0.1, 0.15) is 67.4 Å². The molecule has 16 atom stereocenters. The van der Waals surface area contributed by atoms with Crippen LogP contribution < -0.4 is 43.3 Å². The molecule has 1 aromatic carbocycles. The number of rotatable bonds is 33. The molecule has 25 heteroatoms. The molecule has 0 aliphatic carbocycles. The quantitative estimate of drug-likeness (QED) is 0.0306. The fourth-order valence-electron chi connectivity index (χ4n) is 9.68. The fraction of sp³-hybridized carbons (Fsp3) is 0.750. The monoisotopic (exact) mass is 1110 g/mol. The number of fused-ring (bicyclic) bond motifs is 2. The van der Waals surface area contributed by atoms with Crippen molar-refractivity contribution in [2.45, 2.75) is 203 Å². The van der Waals surface area contributed by atoms with Crippen molar-refractivity contribution in [3.05, 3.63) is 29.8 Å². The minimum absolute atomic E-state index is 0.0466. The van der Waals surface area contributed by atoms with Crippen molar-refractivity contribution in [3.63, 3.8) is 0 Å². The summed E-state index contributed by atoms with van der Waals surface area (Å²) in [5, 5.41) is 38.4. The van der Waals surface area contributed by atoms with E-state index in [0.717, 1.165) is 69.7 Å². The van der Waals surface area contributed by atoms with Crippen LogP contribution in [0.25, 0.3) is 0 Å². The Morgan fingerprint density at radius 2 is 1.51 bits per heavy atom. The van der Waals surface area contributed by atoms with Crippen LogP contribution >= 0.6 is 0 Å². The van der Waals surface area contributed by atoms with E-state index in [9.17, 15) is 11.9 Å². The van der Waals surface area contributed by atoms with Crippen LogP contribution in [0.3, 0.4) is 0 Å². The number of phenols is 1. The van der Waals surface area contributed by atoms with E-state index in [1.54, 1.807) is 0 Å². The third-order valence-electron chi connectivity index (χ3n) is 14.2. The number of carbonyl (C=O) groups is 7. The number of phenolic OH excluding ortho intramolecular Hbond substituents is 1. The molecule has 3 fully saturated rings. The van der Waals surface area contributed by atoms with E-state index >= 15 is 28.8 Å². The average Bonchev–Trinajstić information content (AvgIpc) is 1.76. The van der Waals surface area contributed by atoms with Crippen molar-refractivity contribution in [3.8, 4) is 5.75 Å². The second-order valence-electron chi connectivity index (χ2n) is 20.5. The molecule has 0 saturated carbocycles. The standard InChI is InChI=1S/C52H88N10O15/c1-5-28(2)24-29(3)12-10-8-6-7-9-11-13-39(69)56-34-26-38(68)46(55-22-21-54)60-50(75)43-37(67)19-23-61(43)52(77)41(36(66)18-20-53)58-49(74)42(45(71)44(70)31-14-16-32(64)17-15-31)59-48(73)35-25-33(65)27-62(35)51(76)40(30(4)63)57-47(34)72/h14-17,28-30,33-38,40-46,55,63-68,70-71H,5-13,18-27,53-54H2,1-4H3,(H,56,69)(H,57,72)(H,58,74)(H,59,73)(H,60,75)/t28?,29?,30-,33-,34+,35+,36-,37+,38-,40+,41+,42+,43+,44+,45+,46+/m1/s1/i63D,65D,66D,67D,68D,70D,71D/hD11. The van der Waals surface area contributed by atoms with E-state index in [2.05, 4.69) is 25.9 Å². The summed E-state index contributed by atoms with van der Waals surface area (Å²) in [7, 11) is 0. The number of hydrogen-bond acceptors (Lipinski definition) is 18. The molecule has 0 bridgehead atoms. The zero-order chi connectivity index (χ0) is 71.1. The number of aromatic hydroxyl groups is 1. The van der Waals surface area contributed by atoms with Gasteiger partial charge in [-0.15, -0.1) is 0 Å². The average molecular weight is 1110 g/mol. The van der Waals surface area contributed by atoms with E-state index in [-0.39, 0.29) is 55.7 Å². The first-order chi connectivity index (χ1) is 45.1. The molecule has 3 heterocycles. The van der Waals surface area contributed by atoms with Gasteiger partial charge in [-0.25, -0.2) is 0 Å². The summed E-state index contributed by atoms with van der Waals surface area (Å²) in [5.74, 6) is -10.1. The number of nitrogens with zero attached hydrogens (tertiary/aromatic N) is 2. The molecule has 3 aliphatic rings. The van der Waals surface area contributed by atoms with Crippen LogP contribution in [0.4, 0.5) is 0 Å². The van der Waals surface area contributed by atoms with Gasteiger partial charge in [0, 0.05) is 45.4 Å². The van der Waals surface area contributed by atoms with Crippen molar-refractivity contribution in [1.29, 1.82) is 11.4 Å². The SMILES string of the molecule is [2H]Oc1ccc([C@H](O[2H])[C@@H](O[2H])[C@H]2C(=O)N([2H])[C@@H]([C@@H](CCN([2H])[2H])O[2H])C(=O)N3CC[C@H](O[2H])[C@H]3C(=O)N([2H])[C@H](N([2H])CCN([2H])[2H])[C@H](O[2H])C[C@H](N([2H])C(=O)CCCCCCCCC(C)CC(C)CC)C(=O)N([2H])[C@@H]([C@@H](C)O[2H])C(=O)N3C[C@H](O[2H])C[C@H]3C(=O)N2[2H])cc1. The number of nitrogens with two attached hydrogens (primary N) is 2. The lowest BCUT2D eigenvalue weighted by Gasteiger charge is -2.35. The van der Waals surface area contributed by atoms with E-state index in [0.29, 0.717) is 39.8 Å². The third kappa shape index (κ3) is 18.8. The van der Waals surface area contributed by atoms with E-state index in [1.165, 1.54) is 0 Å². The molecule has 7 amide bonds. The summed E-state index contributed by atoms with van der Waals surface area (Å²) in [6, 6.07) is -10.2. The number of unbranched alkanes of at least 4 members (excludes halogenated alkanes) is 5. The van der Waals surface area contributed by atoms with Crippen LogP contribution in [0.5, 0.6) is 5.75 Å². The molecule has 2 unspecified atom stereocenters. The Kier molecular flexibility index (Phi) is 17.1. The van der Waals surface area contributed by atoms with Crippen LogP contribution in [0, 0.1) is 11.8 Å². The highest BCUT2D eigenvalue weighted by atomic mass is 16.3. The molecule has 0 radical (unpaired) electrons. The largest absolute Gasteiger partial charge is 0.508 e. The van der Waals surface area contributed by atoms with Crippen molar-refractivity contribution >= 4 is 41.4 Å². The normalized spacial score (nSPS) is 32.5. The summed E-state index contributed by atoms with van der Waals surface area (Å²) in [6.45, 7) is 3.86. The Morgan fingerprint density at radius 3 is 2.18 bits per heavy atom. The molecule has 0 aromatic heterocycles. The zero-order valence-electron chi connectivity index (χ0n) is 62.1. The number of hydrogen-bond donors (Lipinski definition) is 16. The van der Waals surface area contributed by atoms with E-state index in [4.69, 9.17) is 54.3 Å². The van der Waals surface area contributed by atoms with E-state index < -0.39 is 191 Å². The van der Waals surface area contributed by atoms with Crippen molar-refractivity contribution in [2.24, 2.45) is 23.3 Å². The molecule has 18 N–H and O–H groups in total. The molecular formula is C52H88N10O15. The summed E-state index contributed by atoms with van der Waals surface area (Å²) < 4.78 is 152. The minimum Gasteiger partial charge on any atom is -0.508 e. The number of amides is 7. The number of carbonyl (C=O) groups excluding carboxylic acids is 7. The summed E-state index contributed by atoms with van der Waals surface area (Å²) in [4.78, 5) is 108. The summed E-state index contributed by atoms with van der Waals surface area (Å²) >= 11 is 0. The highest BCUT2D eigenvalue weighted by Gasteiger charge is 2.49. The molecule has 3 saturated heterocycles. The maximum Gasteiger partial charge on any atom is 0.293 e. The predicted octanol–water partition coefficient (Wildman–Crippen LogP) is -3.31. The summed E-state index contributed by atoms with van der Waals surface area (Å²) in [5.41, 5.74) is -0.0781. The highest BCUT2D eigenvalue weighted by Crippen LogP contribution is 2.27. The Balaban J connectivity index is 2.06. The first-order valence-corrected chi connectivity index (χ1v) is 26.6. The van der Waals surface area contributed by atoms with Crippen molar-refractivity contribution < 1.29 is 88.6 Å². The van der Waals surface area contributed by atoms with Crippen LogP contribution in [-0.4, -0.2) is 215 Å². The molecule has 4 rings (SSSR count). The third-order valence-corrected chi connectivity index (χ3v) is 14.2. The lowest BCUT2D eigenvalue weighted by Crippen LogP contribution is -2.65. The fourth-order valence-corrected chi connectivity index (χ4v) is 9.68. The van der Waals surface area contributed by atoms with Gasteiger partial charge in [0.15, 0.2) is 7.06 Å². The van der Waals surface area contributed by atoms with Gasteiger partial charge < -0.3 is 88.7 Å². The molecule has 3 aliphatic heterocycles. The van der Waals surface area contributed by atoms with Gasteiger partial charge in [0.05, 0.1) is 30.5 Å². The Labute approximate surface area is 477 Å². The second kappa shape index (κ2) is 31.5. The Hall–Kier alpha value is -5.09. The molecule has 1 aromatic rings. The topological polar surface area (TPSA) is 412 Å². The van der Waals surface area contributed by atoms with Crippen molar-refractivity contribution in [1.82, 2.24) is 41.7 Å². The molecule has 25 nitrogen and oxygen atoms in total. The minimum atomic E-state index is -2.86. The molecule has 0 spiro atoms. The van der Waals surface area contributed by atoms with Crippen LogP contribution in [0.15, 0.2) is 24.3 Å². The number of aliphatic hydroxyl groups excluding tert-OH is 7. The lowest BCUT2D eigenvalue weighted by atomic mass is 9.91. The van der Waals surface area contributed by atoms with Crippen LogP contribution in [-0.2, 0) is 33.6 Å². The van der Waals surface area contributed by atoms with Gasteiger partial charge in [-0.2, -0.15) is 0 Å². The predicted molar refractivity (Wildman–Crippen MR) is 280 cm³/mol. The van der Waals surface area contributed by atoms with Gasteiger partial charge >= 0.3 is 0 Å². The number of benzene rings is 1. The van der Waals surface area contributed by atoms with E-state index in [1.807, 2.05) is 0 Å². The van der Waals surface area contributed by atoms with Gasteiger partial charge in [-0.3, -0.25) is 38.9 Å². The smallest absolute Gasteiger partial charge is 0.293 e. The van der Waals surface area contributed by atoms with Crippen molar-refractivity contribution in [2.75, 3.05) is 32.7 Å². The Bertz CT molecular complexity index is 2590. The highest BCUT2D eigenvalue weighted by molar-refractivity contribution is 5.98. The molecular weight excluding hydrogens is 1000 g/mol. The zero-order valence-corrected chi connectivity index (χ0v) is 44.1. The second-order valence-corrected chi connectivity index (χ2v) is 20.5. The van der Waals surface area contributed by atoms with Gasteiger partial charge in [0.25, 0.3) is 1.43 Å². The summed E-state index contributed by atoms with van der Waals surface area (Å²) in [6.07, 6.45) is -13.1. The van der Waals surface area contributed by atoms with Gasteiger partial charge in [-0.05, 0) is 68.7 Å². The molecule has 77 heavy (non-hydrogen) atoms. The maximum atomic E-state index is 15.5. The van der Waals surface area contributed by atoms with Gasteiger partial charge in [0.2, 0.25) is 51.4 Å². The first-order valence-electron chi connectivity index (χ1n) is 34.4. The molecule has 436 valence electrons. The maximum absolute atomic E-state index is 15.5. The number of aliphatic hydroxyl groups is 7. The van der Waals surface area contributed by atoms with Gasteiger partial charge in [-0.1, -0.05) is 77.8 Å². The Morgan fingerprint density at radius 1 is 0.779 bits per heavy atom.